The summed E-state index contributed by atoms with van der Waals surface area (Å²) in [6.07, 6.45) is -0.270. The van der Waals surface area contributed by atoms with E-state index in [1.165, 1.54) is 0 Å². The molecule has 4 rings (SSSR count). The van der Waals surface area contributed by atoms with Crippen LogP contribution in [0.25, 0.3) is 0 Å². The summed E-state index contributed by atoms with van der Waals surface area (Å²) in [7, 11) is 0. The predicted molar refractivity (Wildman–Crippen MR) is 136 cm³/mol. The second kappa shape index (κ2) is 12.4. The lowest BCUT2D eigenvalue weighted by atomic mass is 10.1. The van der Waals surface area contributed by atoms with Crippen molar-refractivity contribution in [2.24, 2.45) is 0 Å². The molecule has 0 aliphatic carbocycles. The fourth-order valence-corrected chi connectivity index (χ4v) is 4.46. The SMILES string of the molecule is Cc1ccc(C(=O)N(CCN2CCOCC2)CC2CN(C(=O)Nc3cccc(Cl)c3)CCO2)cc1. The number of nitrogens with zero attached hydrogens (tertiary/aromatic N) is 3. The summed E-state index contributed by atoms with van der Waals surface area (Å²) >= 11 is 6.04. The lowest BCUT2D eigenvalue weighted by Crippen LogP contribution is -2.52. The van der Waals surface area contributed by atoms with E-state index in [9.17, 15) is 9.59 Å². The van der Waals surface area contributed by atoms with Crippen LogP contribution in [0.3, 0.4) is 0 Å². The summed E-state index contributed by atoms with van der Waals surface area (Å²) in [6.45, 7) is 8.25. The zero-order chi connectivity index (χ0) is 24.6. The normalized spacial score (nSPS) is 18.8. The Labute approximate surface area is 211 Å². The number of benzene rings is 2. The highest BCUT2D eigenvalue weighted by molar-refractivity contribution is 6.30. The number of anilines is 1. The minimum absolute atomic E-state index is 0.0256. The lowest BCUT2D eigenvalue weighted by Gasteiger charge is -2.36. The lowest BCUT2D eigenvalue weighted by molar-refractivity contribution is -0.0282. The zero-order valence-electron chi connectivity index (χ0n) is 20.1. The highest BCUT2D eigenvalue weighted by atomic mass is 35.5. The van der Waals surface area contributed by atoms with Gasteiger partial charge in [0, 0.05) is 55.5 Å². The summed E-state index contributed by atoms with van der Waals surface area (Å²) in [5.74, 6) is -0.0256. The number of amides is 3. The number of hydrogen-bond acceptors (Lipinski definition) is 5. The topological polar surface area (TPSA) is 74.4 Å². The third-order valence-corrected chi connectivity index (χ3v) is 6.54. The Bertz CT molecular complexity index is 997. The average Bonchev–Trinajstić information content (AvgIpc) is 2.87. The molecular formula is C26H33ClN4O4. The second-order valence-electron chi connectivity index (χ2n) is 8.95. The Hall–Kier alpha value is -2.65. The number of hydrogen-bond donors (Lipinski definition) is 1. The van der Waals surface area contributed by atoms with Crippen molar-refractivity contribution in [1.82, 2.24) is 14.7 Å². The molecular weight excluding hydrogens is 468 g/mol. The molecule has 188 valence electrons. The van der Waals surface area contributed by atoms with Gasteiger partial charge < -0.3 is 24.6 Å². The largest absolute Gasteiger partial charge is 0.379 e. The quantitative estimate of drug-likeness (QED) is 0.631. The third kappa shape index (κ3) is 7.41. The second-order valence-corrected chi connectivity index (χ2v) is 9.39. The van der Waals surface area contributed by atoms with E-state index in [0.29, 0.717) is 62.3 Å². The Morgan fingerprint density at radius 2 is 1.86 bits per heavy atom. The number of halogens is 1. The Morgan fingerprint density at radius 3 is 2.60 bits per heavy atom. The molecule has 0 saturated carbocycles. The molecule has 1 N–H and O–H groups in total. The fraction of sp³-hybridized carbons (Fsp3) is 0.462. The van der Waals surface area contributed by atoms with Crippen molar-refractivity contribution < 1.29 is 19.1 Å². The van der Waals surface area contributed by atoms with Crippen molar-refractivity contribution in [3.8, 4) is 0 Å². The van der Waals surface area contributed by atoms with Crippen LogP contribution in [-0.4, -0.2) is 98.4 Å². The molecule has 1 unspecified atom stereocenters. The van der Waals surface area contributed by atoms with Crippen LogP contribution in [0.15, 0.2) is 48.5 Å². The molecule has 3 amide bonds. The van der Waals surface area contributed by atoms with Crippen LogP contribution in [0.2, 0.25) is 5.02 Å². The van der Waals surface area contributed by atoms with Crippen LogP contribution >= 0.6 is 11.6 Å². The monoisotopic (exact) mass is 500 g/mol. The molecule has 0 spiro atoms. The van der Waals surface area contributed by atoms with E-state index in [1.54, 1.807) is 29.2 Å². The Morgan fingerprint density at radius 1 is 1.09 bits per heavy atom. The van der Waals surface area contributed by atoms with Crippen molar-refractivity contribution in [3.63, 3.8) is 0 Å². The van der Waals surface area contributed by atoms with Crippen molar-refractivity contribution in [2.45, 2.75) is 13.0 Å². The van der Waals surface area contributed by atoms with Gasteiger partial charge >= 0.3 is 6.03 Å². The molecule has 2 aromatic rings. The van der Waals surface area contributed by atoms with Gasteiger partial charge in [-0.3, -0.25) is 9.69 Å². The predicted octanol–water partition coefficient (Wildman–Crippen LogP) is 3.36. The first-order valence-electron chi connectivity index (χ1n) is 12.1. The van der Waals surface area contributed by atoms with Crippen LogP contribution in [-0.2, 0) is 9.47 Å². The average molecular weight is 501 g/mol. The highest BCUT2D eigenvalue weighted by Gasteiger charge is 2.28. The standard InChI is InChI=1S/C26H33ClN4O4/c1-20-5-7-21(8-6-20)25(32)30(10-9-29-11-14-34-15-12-29)18-24-19-31(13-16-35-24)26(33)28-23-4-2-3-22(27)17-23/h2-8,17,24H,9-16,18-19H2,1H3,(H,28,33). The number of morpholine rings is 2. The number of rotatable bonds is 7. The fourth-order valence-electron chi connectivity index (χ4n) is 4.27. The first kappa shape index (κ1) is 25.4. The minimum Gasteiger partial charge on any atom is -0.379 e. The molecule has 2 aliphatic heterocycles. The molecule has 2 heterocycles. The van der Waals surface area contributed by atoms with Gasteiger partial charge in [0.1, 0.15) is 0 Å². The number of urea groups is 1. The van der Waals surface area contributed by atoms with Crippen LogP contribution < -0.4 is 5.32 Å². The maximum absolute atomic E-state index is 13.4. The number of carbonyl (C=O) groups excluding carboxylic acids is 2. The van der Waals surface area contributed by atoms with Crippen molar-refractivity contribution >= 4 is 29.2 Å². The highest BCUT2D eigenvalue weighted by Crippen LogP contribution is 2.17. The first-order chi connectivity index (χ1) is 17.0. The molecule has 8 nitrogen and oxygen atoms in total. The Kier molecular flexibility index (Phi) is 8.98. The molecule has 35 heavy (non-hydrogen) atoms. The summed E-state index contributed by atoms with van der Waals surface area (Å²) in [5, 5.41) is 3.46. The molecule has 2 fully saturated rings. The van der Waals surface area contributed by atoms with E-state index in [-0.39, 0.29) is 18.0 Å². The van der Waals surface area contributed by atoms with Gasteiger partial charge in [-0.15, -0.1) is 0 Å². The van der Waals surface area contributed by atoms with E-state index >= 15 is 0 Å². The summed E-state index contributed by atoms with van der Waals surface area (Å²) < 4.78 is 11.4. The van der Waals surface area contributed by atoms with E-state index in [2.05, 4.69) is 10.2 Å². The van der Waals surface area contributed by atoms with Gasteiger partial charge in [-0.05, 0) is 37.3 Å². The summed E-state index contributed by atoms with van der Waals surface area (Å²) in [6, 6.07) is 14.5. The smallest absolute Gasteiger partial charge is 0.322 e. The van der Waals surface area contributed by atoms with Crippen LogP contribution in [0.4, 0.5) is 10.5 Å². The number of ether oxygens (including phenoxy) is 2. The minimum atomic E-state index is -0.270. The van der Waals surface area contributed by atoms with E-state index in [1.807, 2.05) is 36.1 Å². The molecule has 9 heteroatoms. The third-order valence-electron chi connectivity index (χ3n) is 6.30. The Balaban J connectivity index is 1.40. The van der Waals surface area contributed by atoms with Gasteiger partial charge in [-0.2, -0.15) is 0 Å². The van der Waals surface area contributed by atoms with Crippen LogP contribution in [0.1, 0.15) is 15.9 Å². The van der Waals surface area contributed by atoms with Gasteiger partial charge in [-0.25, -0.2) is 4.79 Å². The van der Waals surface area contributed by atoms with Gasteiger partial charge in [0.2, 0.25) is 0 Å². The molecule has 0 bridgehead atoms. The zero-order valence-corrected chi connectivity index (χ0v) is 20.9. The van der Waals surface area contributed by atoms with E-state index < -0.39 is 0 Å². The molecule has 2 aliphatic rings. The maximum Gasteiger partial charge on any atom is 0.322 e. The number of nitrogens with one attached hydrogen (secondary N) is 1. The van der Waals surface area contributed by atoms with E-state index in [0.717, 1.165) is 25.2 Å². The van der Waals surface area contributed by atoms with Gasteiger partial charge in [0.05, 0.1) is 32.5 Å². The van der Waals surface area contributed by atoms with Gasteiger partial charge in [0.15, 0.2) is 0 Å². The van der Waals surface area contributed by atoms with Crippen LogP contribution in [0, 0.1) is 6.92 Å². The maximum atomic E-state index is 13.4. The molecule has 0 aromatic heterocycles. The van der Waals surface area contributed by atoms with Crippen LogP contribution in [0.5, 0.6) is 0 Å². The number of carbonyl (C=O) groups is 2. The molecule has 0 radical (unpaired) electrons. The van der Waals surface area contributed by atoms with Crippen molar-refractivity contribution in [1.29, 1.82) is 0 Å². The summed E-state index contributed by atoms with van der Waals surface area (Å²) in [5.41, 5.74) is 2.41. The molecule has 2 saturated heterocycles. The molecule has 1 atom stereocenters. The molecule has 2 aromatic carbocycles. The first-order valence-corrected chi connectivity index (χ1v) is 12.4. The van der Waals surface area contributed by atoms with Crippen molar-refractivity contribution in [3.05, 3.63) is 64.7 Å². The summed E-state index contributed by atoms with van der Waals surface area (Å²) in [4.78, 5) is 32.1. The van der Waals surface area contributed by atoms with Gasteiger partial charge in [-0.1, -0.05) is 35.4 Å². The van der Waals surface area contributed by atoms with E-state index in [4.69, 9.17) is 21.1 Å². The number of aryl methyl sites for hydroxylation is 1. The van der Waals surface area contributed by atoms with Gasteiger partial charge in [0.25, 0.3) is 5.91 Å². The van der Waals surface area contributed by atoms with Crippen molar-refractivity contribution in [2.75, 3.05) is 71.0 Å².